The molecule has 0 saturated heterocycles. The largest absolute Gasteiger partial charge is 0.350 e. The quantitative estimate of drug-likeness (QED) is 0.492. The first-order valence-corrected chi connectivity index (χ1v) is 11.6. The molecule has 168 valence electrons. The maximum Gasteiger partial charge on any atom is 0.283 e. The van der Waals surface area contributed by atoms with Crippen molar-refractivity contribution in [2.24, 2.45) is 0 Å². The first kappa shape index (κ1) is 22.7. The average molecular weight is 504 g/mol. The Hall–Kier alpha value is -3.47. The van der Waals surface area contributed by atoms with Gasteiger partial charge in [0.1, 0.15) is 10.7 Å². The van der Waals surface area contributed by atoms with Crippen LogP contribution in [0.5, 0.6) is 0 Å². The molecule has 2 amide bonds. The lowest BCUT2D eigenvalue weighted by molar-refractivity contribution is -0.120. The number of halogens is 2. The van der Waals surface area contributed by atoms with Gasteiger partial charge in [0.25, 0.3) is 21.8 Å². The molecule has 33 heavy (non-hydrogen) atoms. The van der Waals surface area contributed by atoms with E-state index < -0.39 is 21.8 Å². The van der Waals surface area contributed by atoms with Crippen LogP contribution in [0, 0.1) is 6.92 Å². The molecule has 1 aromatic heterocycles. The Kier molecular flexibility index (Phi) is 6.07. The van der Waals surface area contributed by atoms with E-state index in [0.717, 1.165) is 10.5 Å². The van der Waals surface area contributed by atoms with Crippen LogP contribution in [0.15, 0.2) is 76.3 Å². The van der Waals surface area contributed by atoms with Gasteiger partial charge in [0.05, 0.1) is 10.6 Å². The fourth-order valence-corrected chi connectivity index (χ4v) is 4.28. The summed E-state index contributed by atoms with van der Waals surface area (Å²) in [4.78, 5) is 26.3. The molecule has 9 nitrogen and oxygen atoms in total. The molecule has 0 spiro atoms. The number of carbonyl (C=O) groups is 2. The van der Waals surface area contributed by atoms with Gasteiger partial charge in [-0.05, 0) is 55.5 Å². The van der Waals surface area contributed by atoms with Crippen molar-refractivity contribution in [2.75, 3.05) is 14.9 Å². The molecule has 0 aliphatic carbocycles. The summed E-state index contributed by atoms with van der Waals surface area (Å²) in [5.74, 6) is -1.26. The lowest BCUT2D eigenvalue weighted by Crippen LogP contribution is -2.32. The summed E-state index contributed by atoms with van der Waals surface area (Å²) in [6.07, 6.45) is 0. The third kappa shape index (κ3) is 4.68. The summed E-state index contributed by atoms with van der Waals surface area (Å²) in [6.45, 7) is 1.89. The summed E-state index contributed by atoms with van der Waals surface area (Å²) in [5.41, 5.74) is 1.62. The van der Waals surface area contributed by atoms with Crippen LogP contribution in [0.25, 0.3) is 0 Å². The number of aryl methyl sites for hydroxylation is 1. The lowest BCUT2D eigenvalue weighted by Gasteiger charge is -2.15. The molecule has 0 bridgehead atoms. The highest BCUT2D eigenvalue weighted by Gasteiger charge is 2.38. The number of carbonyl (C=O) groups excluding carboxylic acids is 2. The number of anilines is 3. The molecule has 2 N–H and O–H groups in total. The van der Waals surface area contributed by atoms with Crippen LogP contribution in [0.1, 0.15) is 5.56 Å². The predicted octanol–water partition coefficient (Wildman–Crippen LogP) is 3.67. The third-order valence-electron chi connectivity index (χ3n) is 4.62. The van der Waals surface area contributed by atoms with E-state index in [2.05, 4.69) is 20.2 Å². The van der Waals surface area contributed by atoms with Gasteiger partial charge in [0.2, 0.25) is 0 Å². The van der Waals surface area contributed by atoms with Crippen LogP contribution in [-0.4, -0.2) is 30.4 Å². The summed E-state index contributed by atoms with van der Waals surface area (Å²) in [6, 6.07) is 15.1. The van der Waals surface area contributed by atoms with Crippen LogP contribution < -0.4 is 14.9 Å². The van der Waals surface area contributed by atoms with Crippen molar-refractivity contribution in [3.05, 3.63) is 82.1 Å². The molecule has 4 rings (SSSR count). The standard InChI is InChI=1S/C21H15Cl2N5O4S/c1-12-2-6-14(7-3-12)28-20(29)18(23)19(21(28)30)24-13-4-8-15(9-5-13)33(31,32)27-17-11-10-16(22)25-26-17/h2-11,24H,1H3,(H,26,27). The maximum absolute atomic E-state index is 12.8. The number of hydrogen-bond acceptors (Lipinski definition) is 7. The average Bonchev–Trinajstić information content (AvgIpc) is 2.99. The van der Waals surface area contributed by atoms with Gasteiger partial charge >= 0.3 is 0 Å². The van der Waals surface area contributed by atoms with Gasteiger partial charge in [0.15, 0.2) is 11.0 Å². The summed E-state index contributed by atoms with van der Waals surface area (Å²) < 4.78 is 27.4. The van der Waals surface area contributed by atoms with E-state index >= 15 is 0 Å². The van der Waals surface area contributed by atoms with Crippen molar-refractivity contribution >= 4 is 62.2 Å². The highest BCUT2D eigenvalue weighted by atomic mass is 35.5. The molecule has 0 fully saturated rings. The number of nitrogens with one attached hydrogen (secondary N) is 2. The van der Waals surface area contributed by atoms with Crippen molar-refractivity contribution < 1.29 is 18.0 Å². The van der Waals surface area contributed by atoms with Crippen LogP contribution in [-0.2, 0) is 19.6 Å². The van der Waals surface area contributed by atoms with Gasteiger partial charge in [-0.15, -0.1) is 10.2 Å². The summed E-state index contributed by atoms with van der Waals surface area (Å²) in [7, 11) is -3.94. The van der Waals surface area contributed by atoms with Crippen LogP contribution >= 0.6 is 23.2 Å². The fourth-order valence-electron chi connectivity index (χ4n) is 2.97. The molecule has 12 heteroatoms. The molecule has 0 radical (unpaired) electrons. The van der Waals surface area contributed by atoms with Crippen LogP contribution in [0.3, 0.4) is 0 Å². The van der Waals surface area contributed by atoms with Gasteiger partial charge in [0, 0.05) is 5.69 Å². The molecule has 3 aromatic rings. The number of imide groups is 1. The Bertz CT molecular complexity index is 1370. The zero-order chi connectivity index (χ0) is 23.8. The highest BCUT2D eigenvalue weighted by Crippen LogP contribution is 2.30. The van der Waals surface area contributed by atoms with Crippen molar-refractivity contribution in [2.45, 2.75) is 11.8 Å². The minimum atomic E-state index is -3.94. The van der Waals surface area contributed by atoms with E-state index in [4.69, 9.17) is 23.2 Å². The van der Waals surface area contributed by atoms with E-state index in [-0.39, 0.29) is 26.6 Å². The number of aromatic nitrogens is 2. The number of rotatable bonds is 6. The number of hydrogen-bond donors (Lipinski definition) is 2. The molecule has 2 heterocycles. The van der Waals surface area contributed by atoms with E-state index in [0.29, 0.717) is 11.4 Å². The lowest BCUT2D eigenvalue weighted by atomic mass is 10.2. The SMILES string of the molecule is Cc1ccc(N2C(=O)C(Cl)=C(Nc3ccc(S(=O)(=O)Nc4ccc(Cl)nn4)cc3)C2=O)cc1. The molecule has 2 aromatic carbocycles. The number of benzene rings is 2. The second-order valence-electron chi connectivity index (χ2n) is 6.97. The molecular formula is C21H15Cl2N5O4S. The highest BCUT2D eigenvalue weighted by molar-refractivity contribution is 7.92. The predicted molar refractivity (Wildman–Crippen MR) is 124 cm³/mol. The minimum absolute atomic E-state index is 0.00445. The molecular weight excluding hydrogens is 489 g/mol. The molecule has 0 saturated carbocycles. The van der Waals surface area contributed by atoms with Gasteiger partial charge in [-0.2, -0.15) is 0 Å². The van der Waals surface area contributed by atoms with E-state index in [9.17, 15) is 18.0 Å². The molecule has 1 aliphatic rings. The van der Waals surface area contributed by atoms with E-state index in [1.165, 1.54) is 36.4 Å². The Morgan fingerprint density at radius 1 is 0.848 bits per heavy atom. The van der Waals surface area contributed by atoms with Crippen molar-refractivity contribution in [3.8, 4) is 0 Å². The monoisotopic (exact) mass is 503 g/mol. The Morgan fingerprint density at radius 3 is 2.12 bits per heavy atom. The fraction of sp³-hybridized carbons (Fsp3) is 0.0476. The zero-order valence-electron chi connectivity index (χ0n) is 16.9. The summed E-state index contributed by atoms with van der Waals surface area (Å²) in [5, 5.41) is 9.90. The Morgan fingerprint density at radius 2 is 1.52 bits per heavy atom. The Balaban J connectivity index is 1.51. The van der Waals surface area contributed by atoms with Crippen molar-refractivity contribution in [1.29, 1.82) is 0 Å². The summed E-state index contributed by atoms with van der Waals surface area (Å²) >= 11 is 11.8. The Labute approximate surface area is 199 Å². The van der Waals surface area contributed by atoms with E-state index in [1.807, 2.05) is 6.92 Å². The second-order valence-corrected chi connectivity index (χ2v) is 9.41. The minimum Gasteiger partial charge on any atom is -0.350 e. The third-order valence-corrected chi connectivity index (χ3v) is 6.55. The van der Waals surface area contributed by atoms with Gasteiger partial charge < -0.3 is 5.32 Å². The normalized spacial score (nSPS) is 14.1. The maximum atomic E-state index is 12.8. The number of sulfonamides is 1. The first-order valence-electron chi connectivity index (χ1n) is 9.40. The molecule has 0 atom stereocenters. The van der Waals surface area contributed by atoms with Gasteiger partial charge in [-0.1, -0.05) is 40.9 Å². The van der Waals surface area contributed by atoms with Crippen LogP contribution in [0.2, 0.25) is 5.15 Å². The smallest absolute Gasteiger partial charge is 0.283 e. The van der Waals surface area contributed by atoms with Crippen LogP contribution in [0.4, 0.5) is 17.2 Å². The molecule has 1 aliphatic heterocycles. The van der Waals surface area contributed by atoms with Gasteiger partial charge in [-0.3, -0.25) is 14.3 Å². The molecule has 0 unspecified atom stereocenters. The van der Waals surface area contributed by atoms with Gasteiger partial charge in [-0.25, -0.2) is 13.3 Å². The first-order chi connectivity index (χ1) is 15.7. The number of nitrogens with zero attached hydrogens (tertiary/aromatic N) is 3. The zero-order valence-corrected chi connectivity index (χ0v) is 19.2. The van der Waals surface area contributed by atoms with Crippen molar-refractivity contribution in [3.63, 3.8) is 0 Å². The number of amides is 2. The topological polar surface area (TPSA) is 121 Å². The van der Waals surface area contributed by atoms with E-state index in [1.54, 1.807) is 24.3 Å². The second kappa shape index (κ2) is 8.81. The van der Waals surface area contributed by atoms with Crippen molar-refractivity contribution in [1.82, 2.24) is 10.2 Å².